The monoisotopic (exact) mass is 257 g/mol. The molecule has 2 heterocycles. The van der Waals surface area contributed by atoms with Gasteiger partial charge in [0, 0.05) is 41.5 Å². The molecule has 0 N–H and O–H groups in total. The van der Waals surface area contributed by atoms with Crippen LogP contribution in [0.4, 0.5) is 0 Å². The molecule has 0 radical (unpaired) electrons. The number of aromatic nitrogens is 2. The zero-order valence-corrected chi connectivity index (χ0v) is 10.7. The summed E-state index contributed by atoms with van der Waals surface area (Å²) in [6.45, 7) is 0. The standard InChI is InChI=1S/C17H11N3/c18-10-14-6-5-13(15-3-1-7-19-11-15)9-17(14)16-4-2-8-20-12-16/h1-9,11-12H. The summed E-state index contributed by atoms with van der Waals surface area (Å²) in [5, 5.41) is 9.26. The minimum absolute atomic E-state index is 0.644. The van der Waals surface area contributed by atoms with Crippen molar-refractivity contribution in [3.05, 3.63) is 72.8 Å². The van der Waals surface area contributed by atoms with Crippen molar-refractivity contribution < 1.29 is 0 Å². The van der Waals surface area contributed by atoms with Crippen molar-refractivity contribution >= 4 is 0 Å². The number of benzene rings is 1. The number of nitrogens with zero attached hydrogens (tertiary/aromatic N) is 3. The van der Waals surface area contributed by atoms with E-state index in [0.717, 1.165) is 22.3 Å². The summed E-state index contributed by atoms with van der Waals surface area (Å²) in [6.07, 6.45) is 7.05. The van der Waals surface area contributed by atoms with Crippen LogP contribution >= 0.6 is 0 Å². The third kappa shape index (κ3) is 2.27. The van der Waals surface area contributed by atoms with Crippen molar-refractivity contribution in [2.75, 3.05) is 0 Å². The lowest BCUT2D eigenvalue weighted by Crippen LogP contribution is -1.87. The SMILES string of the molecule is N#Cc1ccc(-c2cccnc2)cc1-c1cccnc1. The molecule has 1 aromatic carbocycles. The number of hydrogen-bond acceptors (Lipinski definition) is 3. The van der Waals surface area contributed by atoms with Crippen LogP contribution in [0.5, 0.6) is 0 Å². The first-order valence-electron chi connectivity index (χ1n) is 6.23. The van der Waals surface area contributed by atoms with Gasteiger partial charge in [-0.2, -0.15) is 5.26 Å². The Bertz CT molecular complexity index is 759. The Morgan fingerprint density at radius 3 is 2.10 bits per heavy atom. The first kappa shape index (κ1) is 12.1. The predicted octanol–water partition coefficient (Wildman–Crippen LogP) is 3.68. The minimum Gasteiger partial charge on any atom is -0.264 e. The van der Waals surface area contributed by atoms with E-state index < -0.39 is 0 Å². The molecule has 3 aromatic rings. The van der Waals surface area contributed by atoms with Crippen molar-refractivity contribution in [2.24, 2.45) is 0 Å². The number of hydrogen-bond donors (Lipinski definition) is 0. The van der Waals surface area contributed by atoms with Crippen LogP contribution in [-0.2, 0) is 0 Å². The van der Waals surface area contributed by atoms with Crippen LogP contribution in [0.2, 0.25) is 0 Å². The molecule has 0 saturated carbocycles. The van der Waals surface area contributed by atoms with Crippen LogP contribution in [-0.4, -0.2) is 9.97 Å². The molecule has 3 rings (SSSR count). The molecule has 0 saturated heterocycles. The lowest BCUT2D eigenvalue weighted by molar-refractivity contribution is 1.32. The second kappa shape index (κ2) is 5.33. The molecule has 0 bridgehead atoms. The highest BCUT2D eigenvalue weighted by atomic mass is 14.6. The second-order valence-corrected chi connectivity index (χ2v) is 4.36. The van der Waals surface area contributed by atoms with Gasteiger partial charge >= 0.3 is 0 Å². The third-order valence-electron chi connectivity index (χ3n) is 3.11. The molecule has 3 heteroatoms. The van der Waals surface area contributed by atoms with Gasteiger partial charge in [0.15, 0.2) is 0 Å². The maximum atomic E-state index is 9.26. The van der Waals surface area contributed by atoms with Crippen LogP contribution in [0.3, 0.4) is 0 Å². The minimum atomic E-state index is 0.644. The molecule has 0 fully saturated rings. The van der Waals surface area contributed by atoms with Crippen LogP contribution in [0.15, 0.2) is 67.3 Å². The Balaban J connectivity index is 2.16. The normalized spacial score (nSPS) is 9.95. The predicted molar refractivity (Wildman–Crippen MR) is 77.6 cm³/mol. The quantitative estimate of drug-likeness (QED) is 0.703. The number of nitriles is 1. The first-order chi connectivity index (χ1) is 9.88. The maximum absolute atomic E-state index is 9.26. The van der Waals surface area contributed by atoms with E-state index >= 15 is 0 Å². The van der Waals surface area contributed by atoms with Crippen molar-refractivity contribution in [1.82, 2.24) is 9.97 Å². The maximum Gasteiger partial charge on any atom is 0.0998 e. The van der Waals surface area contributed by atoms with E-state index in [4.69, 9.17) is 0 Å². The van der Waals surface area contributed by atoms with Gasteiger partial charge in [0.05, 0.1) is 11.6 Å². The van der Waals surface area contributed by atoms with Gasteiger partial charge in [0.2, 0.25) is 0 Å². The molecule has 0 unspecified atom stereocenters. The van der Waals surface area contributed by atoms with Gasteiger partial charge in [-0.05, 0) is 29.8 Å². The van der Waals surface area contributed by atoms with E-state index in [2.05, 4.69) is 16.0 Å². The lowest BCUT2D eigenvalue weighted by atomic mass is 9.96. The van der Waals surface area contributed by atoms with Crippen molar-refractivity contribution in [3.8, 4) is 28.3 Å². The van der Waals surface area contributed by atoms with Crippen LogP contribution < -0.4 is 0 Å². The molecular weight excluding hydrogens is 246 g/mol. The molecule has 3 nitrogen and oxygen atoms in total. The average molecular weight is 257 g/mol. The summed E-state index contributed by atoms with van der Waals surface area (Å²) in [5.74, 6) is 0. The first-order valence-corrected chi connectivity index (χ1v) is 6.23. The molecule has 0 amide bonds. The smallest absolute Gasteiger partial charge is 0.0998 e. The van der Waals surface area contributed by atoms with Gasteiger partial charge in [-0.25, -0.2) is 0 Å². The molecule has 0 aliphatic rings. The van der Waals surface area contributed by atoms with Crippen LogP contribution in [0, 0.1) is 11.3 Å². The van der Waals surface area contributed by atoms with Crippen LogP contribution in [0.25, 0.3) is 22.3 Å². The summed E-state index contributed by atoms with van der Waals surface area (Å²) in [6, 6.07) is 15.7. The van der Waals surface area contributed by atoms with E-state index in [9.17, 15) is 5.26 Å². The third-order valence-corrected chi connectivity index (χ3v) is 3.11. The zero-order valence-electron chi connectivity index (χ0n) is 10.7. The summed E-state index contributed by atoms with van der Waals surface area (Å²) >= 11 is 0. The Morgan fingerprint density at radius 1 is 0.800 bits per heavy atom. The van der Waals surface area contributed by atoms with Crippen molar-refractivity contribution in [3.63, 3.8) is 0 Å². The van der Waals surface area contributed by atoms with E-state index in [-0.39, 0.29) is 0 Å². The van der Waals surface area contributed by atoms with Gasteiger partial charge < -0.3 is 0 Å². The average Bonchev–Trinajstić information content (AvgIpc) is 2.56. The number of pyridine rings is 2. The van der Waals surface area contributed by atoms with E-state index in [1.807, 2.05) is 48.7 Å². The number of rotatable bonds is 2. The summed E-state index contributed by atoms with van der Waals surface area (Å²) in [4.78, 5) is 8.25. The summed E-state index contributed by atoms with van der Waals surface area (Å²) in [7, 11) is 0. The van der Waals surface area contributed by atoms with E-state index in [1.54, 1.807) is 18.6 Å². The highest BCUT2D eigenvalue weighted by Crippen LogP contribution is 2.28. The second-order valence-electron chi connectivity index (χ2n) is 4.36. The highest BCUT2D eigenvalue weighted by molar-refractivity contribution is 5.76. The van der Waals surface area contributed by atoms with Gasteiger partial charge in [-0.1, -0.05) is 18.2 Å². The molecule has 20 heavy (non-hydrogen) atoms. The highest BCUT2D eigenvalue weighted by Gasteiger charge is 2.07. The van der Waals surface area contributed by atoms with Gasteiger partial charge in [0.25, 0.3) is 0 Å². The Hall–Kier alpha value is -2.99. The Morgan fingerprint density at radius 2 is 1.50 bits per heavy atom. The van der Waals surface area contributed by atoms with Gasteiger partial charge in [-0.15, -0.1) is 0 Å². The van der Waals surface area contributed by atoms with Crippen molar-refractivity contribution in [2.45, 2.75) is 0 Å². The lowest BCUT2D eigenvalue weighted by Gasteiger charge is -2.07. The van der Waals surface area contributed by atoms with Gasteiger partial charge in [0.1, 0.15) is 0 Å². The van der Waals surface area contributed by atoms with Gasteiger partial charge in [-0.3, -0.25) is 9.97 Å². The molecule has 2 aromatic heterocycles. The fraction of sp³-hybridized carbons (Fsp3) is 0. The molecule has 0 spiro atoms. The van der Waals surface area contributed by atoms with Crippen LogP contribution in [0.1, 0.15) is 5.56 Å². The summed E-state index contributed by atoms with van der Waals surface area (Å²) in [5.41, 5.74) is 4.54. The Labute approximate surface area is 117 Å². The molecule has 94 valence electrons. The molecule has 0 aliphatic heterocycles. The summed E-state index contributed by atoms with van der Waals surface area (Å²) < 4.78 is 0. The topological polar surface area (TPSA) is 49.6 Å². The van der Waals surface area contributed by atoms with E-state index in [1.165, 1.54) is 0 Å². The fourth-order valence-corrected chi connectivity index (χ4v) is 2.12. The molecule has 0 aliphatic carbocycles. The molecule has 0 atom stereocenters. The fourth-order valence-electron chi connectivity index (χ4n) is 2.12. The molecular formula is C17H11N3. The largest absolute Gasteiger partial charge is 0.264 e. The Kier molecular flexibility index (Phi) is 3.22. The van der Waals surface area contributed by atoms with Crippen molar-refractivity contribution in [1.29, 1.82) is 5.26 Å². The zero-order chi connectivity index (χ0) is 13.8. The van der Waals surface area contributed by atoms with E-state index in [0.29, 0.717) is 5.56 Å².